The summed E-state index contributed by atoms with van der Waals surface area (Å²) in [6.45, 7) is 3.31. The van der Waals surface area contributed by atoms with Crippen molar-refractivity contribution in [2.24, 2.45) is 0 Å². The molecule has 1 amide bonds. The number of carbonyl (C=O) groups excluding carboxylic acids is 1. The summed E-state index contributed by atoms with van der Waals surface area (Å²) in [5.41, 5.74) is 1.51. The van der Waals surface area contributed by atoms with E-state index in [9.17, 15) is 13.2 Å². The van der Waals surface area contributed by atoms with Gasteiger partial charge in [-0.15, -0.1) is 0 Å². The monoisotopic (exact) mass is 426 g/mol. The maximum Gasteiger partial charge on any atom is 0.248 e. The number of halogens is 1. The maximum absolute atomic E-state index is 12.8. The Morgan fingerprint density at radius 1 is 1.14 bits per heavy atom. The molecule has 0 spiro atoms. The Bertz CT molecular complexity index is 978. The first-order valence-electron chi connectivity index (χ1n) is 8.37. The molecule has 28 heavy (non-hydrogen) atoms. The third-order valence-electron chi connectivity index (χ3n) is 4.16. The van der Waals surface area contributed by atoms with Gasteiger partial charge in [0.25, 0.3) is 0 Å². The Balaban J connectivity index is 2.36. The van der Waals surface area contributed by atoms with Crippen LogP contribution < -0.4 is 19.1 Å². The van der Waals surface area contributed by atoms with Crippen molar-refractivity contribution in [3.63, 3.8) is 0 Å². The highest BCUT2D eigenvalue weighted by Crippen LogP contribution is 2.30. The molecule has 9 heteroatoms. The van der Waals surface area contributed by atoms with Gasteiger partial charge in [-0.3, -0.25) is 9.10 Å². The fourth-order valence-corrected chi connectivity index (χ4v) is 4.01. The largest absolute Gasteiger partial charge is 0.497 e. The molecule has 0 unspecified atom stereocenters. The van der Waals surface area contributed by atoms with Gasteiger partial charge in [0, 0.05) is 11.1 Å². The average molecular weight is 427 g/mol. The number of nitrogens with zero attached hydrogens (tertiary/aromatic N) is 1. The minimum atomic E-state index is -3.75. The summed E-state index contributed by atoms with van der Waals surface area (Å²) in [6, 6.07) is 8.71. The predicted octanol–water partition coefficient (Wildman–Crippen LogP) is 3.46. The van der Waals surface area contributed by atoms with Gasteiger partial charge in [0.15, 0.2) is 0 Å². The van der Waals surface area contributed by atoms with E-state index in [1.807, 2.05) is 6.92 Å². The summed E-state index contributed by atoms with van der Waals surface area (Å²) in [5.74, 6) is 0.435. The Kier molecular flexibility index (Phi) is 6.79. The van der Waals surface area contributed by atoms with E-state index in [0.717, 1.165) is 16.1 Å². The molecule has 2 aromatic rings. The summed E-state index contributed by atoms with van der Waals surface area (Å²) in [4.78, 5) is 12.8. The number of hydrogen-bond acceptors (Lipinski definition) is 5. The van der Waals surface area contributed by atoms with Crippen LogP contribution in [0.25, 0.3) is 0 Å². The first-order valence-corrected chi connectivity index (χ1v) is 10.6. The second-order valence-corrected chi connectivity index (χ2v) is 8.49. The zero-order valence-electron chi connectivity index (χ0n) is 16.3. The van der Waals surface area contributed by atoms with Gasteiger partial charge in [0.1, 0.15) is 17.5 Å². The topological polar surface area (TPSA) is 84.9 Å². The van der Waals surface area contributed by atoms with Gasteiger partial charge in [0.05, 0.1) is 31.9 Å². The molecular formula is C19H23ClN2O5S. The van der Waals surface area contributed by atoms with E-state index >= 15 is 0 Å². The molecule has 0 fully saturated rings. The quantitative estimate of drug-likeness (QED) is 0.732. The number of amides is 1. The van der Waals surface area contributed by atoms with E-state index in [1.165, 1.54) is 27.2 Å². The number of anilines is 2. The van der Waals surface area contributed by atoms with E-state index in [1.54, 1.807) is 30.3 Å². The first kappa shape index (κ1) is 21.8. The van der Waals surface area contributed by atoms with Crippen molar-refractivity contribution in [2.75, 3.05) is 30.1 Å². The molecule has 0 aromatic heterocycles. The molecule has 0 aliphatic carbocycles. The normalized spacial score (nSPS) is 12.2. The zero-order chi connectivity index (χ0) is 21.1. The van der Waals surface area contributed by atoms with E-state index < -0.39 is 22.0 Å². The lowest BCUT2D eigenvalue weighted by atomic mass is 10.2. The van der Waals surface area contributed by atoms with Crippen LogP contribution in [0.1, 0.15) is 12.5 Å². The molecule has 0 bridgehead atoms. The van der Waals surface area contributed by atoms with Crippen LogP contribution in [0.15, 0.2) is 36.4 Å². The minimum absolute atomic E-state index is 0.308. The number of hydrogen-bond donors (Lipinski definition) is 1. The summed E-state index contributed by atoms with van der Waals surface area (Å²) in [5, 5.41) is 3.11. The molecule has 152 valence electrons. The van der Waals surface area contributed by atoms with Crippen LogP contribution in [0, 0.1) is 6.92 Å². The van der Waals surface area contributed by atoms with E-state index in [0.29, 0.717) is 27.9 Å². The molecular weight excluding hydrogens is 404 g/mol. The molecule has 0 aliphatic rings. The number of sulfonamides is 1. The van der Waals surface area contributed by atoms with Crippen LogP contribution in [0.2, 0.25) is 5.02 Å². The highest BCUT2D eigenvalue weighted by Gasteiger charge is 2.30. The number of benzene rings is 2. The molecule has 7 nitrogen and oxygen atoms in total. The Morgan fingerprint density at radius 3 is 2.36 bits per heavy atom. The standard InChI is InChI=1S/C19H23ClN2O5S/c1-12-6-7-14(10-16(12)20)22(28(5,24)25)13(2)19(23)21-17-9-8-15(26-3)11-18(17)27-4/h6-11,13H,1-5H3,(H,21,23)/t13-/m1/s1. The van der Waals surface area contributed by atoms with Crippen LogP contribution in [0.5, 0.6) is 11.5 Å². The lowest BCUT2D eigenvalue weighted by molar-refractivity contribution is -0.116. The molecule has 0 radical (unpaired) electrons. The van der Waals surface area contributed by atoms with Gasteiger partial charge in [-0.2, -0.15) is 0 Å². The molecule has 0 heterocycles. The summed E-state index contributed by atoms with van der Waals surface area (Å²) < 4.78 is 36.2. The van der Waals surface area contributed by atoms with Gasteiger partial charge < -0.3 is 14.8 Å². The van der Waals surface area contributed by atoms with E-state index in [2.05, 4.69) is 5.32 Å². The molecule has 1 N–H and O–H groups in total. The van der Waals surface area contributed by atoms with Crippen molar-refractivity contribution < 1.29 is 22.7 Å². The van der Waals surface area contributed by atoms with Crippen LogP contribution in [0.3, 0.4) is 0 Å². The Labute approximate surface area is 170 Å². The van der Waals surface area contributed by atoms with Crippen LogP contribution in [-0.4, -0.2) is 40.8 Å². The zero-order valence-corrected chi connectivity index (χ0v) is 17.9. The van der Waals surface area contributed by atoms with E-state index in [4.69, 9.17) is 21.1 Å². The smallest absolute Gasteiger partial charge is 0.248 e. The molecule has 0 saturated heterocycles. The maximum atomic E-state index is 12.8. The third kappa shape index (κ3) is 4.88. The third-order valence-corrected chi connectivity index (χ3v) is 5.81. The predicted molar refractivity (Wildman–Crippen MR) is 111 cm³/mol. The number of ether oxygens (including phenoxy) is 2. The molecule has 2 rings (SSSR count). The van der Waals surface area contributed by atoms with Crippen LogP contribution in [0.4, 0.5) is 11.4 Å². The fourth-order valence-electron chi connectivity index (χ4n) is 2.67. The molecule has 0 aliphatic heterocycles. The number of aryl methyl sites for hydroxylation is 1. The average Bonchev–Trinajstić information content (AvgIpc) is 2.63. The summed E-state index contributed by atoms with van der Waals surface area (Å²) in [6.07, 6.45) is 1.04. The van der Waals surface area contributed by atoms with Crippen LogP contribution in [-0.2, 0) is 14.8 Å². The molecule has 0 saturated carbocycles. The van der Waals surface area contributed by atoms with Crippen molar-refractivity contribution >= 4 is 38.9 Å². The highest BCUT2D eigenvalue weighted by molar-refractivity contribution is 7.92. The van der Waals surface area contributed by atoms with Gasteiger partial charge in [-0.05, 0) is 43.7 Å². The Morgan fingerprint density at radius 2 is 1.82 bits per heavy atom. The lowest BCUT2D eigenvalue weighted by Gasteiger charge is -2.28. The fraction of sp³-hybridized carbons (Fsp3) is 0.316. The second kappa shape index (κ2) is 8.70. The molecule has 1 atom stereocenters. The van der Waals surface area contributed by atoms with Crippen molar-refractivity contribution in [1.82, 2.24) is 0 Å². The SMILES string of the molecule is COc1ccc(NC(=O)[C@@H](C)N(c2ccc(C)c(Cl)c2)S(C)(=O)=O)c(OC)c1. The van der Waals surface area contributed by atoms with Gasteiger partial charge in [-0.25, -0.2) is 8.42 Å². The lowest BCUT2D eigenvalue weighted by Crippen LogP contribution is -2.45. The van der Waals surface area contributed by atoms with E-state index in [-0.39, 0.29) is 0 Å². The Hall–Kier alpha value is -2.45. The summed E-state index contributed by atoms with van der Waals surface area (Å²) in [7, 11) is -0.765. The minimum Gasteiger partial charge on any atom is -0.497 e. The van der Waals surface area contributed by atoms with Crippen LogP contribution >= 0.6 is 11.6 Å². The number of carbonyl (C=O) groups is 1. The van der Waals surface area contributed by atoms with Gasteiger partial charge in [0.2, 0.25) is 15.9 Å². The first-order chi connectivity index (χ1) is 13.1. The number of rotatable bonds is 7. The van der Waals surface area contributed by atoms with Crippen molar-refractivity contribution in [2.45, 2.75) is 19.9 Å². The second-order valence-electron chi connectivity index (χ2n) is 6.22. The molecule has 2 aromatic carbocycles. The number of nitrogens with one attached hydrogen (secondary N) is 1. The number of methoxy groups -OCH3 is 2. The van der Waals surface area contributed by atoms with Crippen molar-refractivity contribution in [3.8, 4) is 11.5 Å². The van der Waals surface area contributed by atoms with Crippen molar-refractivity contribution in [1.29, 1.82) is 0 Å². The van der Waals surface area contributed by atoms with Crippen molar-refractivity contribution in [3.05, 3.63) is 47.0 Å². The van der Waals surface area contributed by atoms with Gasteiger partial charge in [-0.1, -0.05) is 17.7 Å². The van der Waals surface area contributed by atoms with Gasteiger partial charge >= 0.3 is 0 Å². The highest BCUT2D eigenvalue weighted by atomic mass is 35.5. The summed E-state index contributed by atoms with van der Waals surface area (Å²) >= 11 is 6.14.